The molecule has 1 atom stereocenters. The quantitative estimate of drug-likeness (QED) is 0.895. The number of rotatable bonds is 3. The van der Waals surface area contributed by atoms with Crippen molar-refractivity contribution >= 4 is 34.8 Å². The van der Waals surface area contributed by atoms with Crippen LogP contribution in [0.3, 0.4) is 0 Å². The fourth-order valence-electron chi connectivity index (χ4n) is 1.89. The van der Waals surface area contributed by atoms with Gasteiger partial charge in [0.1, 0.15) is 6.10 Å². The highest BCUT2D eigenvalue weighted by Crippen LogP contribution is 2.26. The third-order valence-corrected chi connectivity index (χ3v) is 3.08. The summed E-state index contributed by atoms with van der Waals surface area (Å²) in [7, 11) is 0. The summed E-state index contributed by atoms with van der Waals surface area (Å²) in [6.45, 7) is 2.03. The van der Waals surface area contributed by atoms with Gasteiger partial charge in [0, 0.05) is 19.2 Å². The zero-order chi connectivity index (χ0) is 13.8. The molecular formula is C13H15ClN2O3. The molecule has 1 saturated heterocycles. The Labute approximate surface area is 116 Å². The maximum Gasteiger partial charge on any atom is 0.253 e. The first-order valence-corrected chi connectivity index (χ1v) is 6.43. The van der Waals surface area contributed by atoms with Crippen LogP contribution in [-0.2, 0) is 14.3 Å². The summed E-state index contributed by atoms with van der Waals surface area (Å²) in [5.74, 6) is -0.362. The molecule has 1 aromatic carbocycles. The average Bonchev–Trinajstić information content (AvgIpc) is 2.86. The molecule has 1 unspecified atom stereocenters. The Balaban J connectivity index is 2.03. The Morgan fingerprint density at radius 1 is 1.37 bits per heavy atom. The second kappa shape index (κ2) is 6.04. The van der Waals surface area contributed by atoms with E-state index >= 15 is 0 Å². The first kappa shape index (κ1) is 13.8. The number of carbonyl (C=O) groups is 2. The molecule has 0 aromatic heterocycles. The number of carbonyl (C=O) groups excluding carboxylic acids is 2. The van der Waals surface area contributed by atoms with Crippen LogP contribution >= 0.6 is 11.6 Å². The normalized spacial score (nSPS) is 18.1. The number of benzene rings is 1. The van der Waals surface area contributed by atoms with E-state index in [-0.39, 0.29) is 17.9 Å². The maximum atomic E-state index is 11.8. The third kappa shape index (κ3) is 3.68. The molecule has 1 heterocycles. The molecule has 2 N–H and O–H groups in total. The molecule has 1 fully saturated rings. The van der Waals surface area contributed by atoms with Crippen molar-refractivity contribution in [1.29, 1.82) is 0 Å². The number of hydrogen-bond acceptors (Lipinski definition) is 3. The van der Waals surface area contributed by atoms with Gasteiger partial charge in [0.2, 0.25) is 5.91 Å². The minimum absolute atomic E-state index is 0.166. The van der Waals surface area contributed by atoms with Crippen LogP contribution in [0.25, 0.3) is 0 Å². The fourth-order valence-corrected chi connectivity index (χ4v) is 2.12. The van der Waals surface area contributed by atoms with E-state index in [1.165, 1.54) is 6.92 Å². The molecule has 102 valence electrons. The summed E-state index contributed by atoms with van der Waals surface area (Å²) in [6, 6.07) is 4.93. The number of ether oxygens (including phenoxy) is 1. The lowest BCUT2D eigenvalue weighted by atomic mass is 10.2. The van der Waals surface area contributed by atoms with Crippen LogP contribution in [0.5, 0.6) is 0 Å². The predicted molar refractivity (Wildman–Crippen MR) is 73.4 cm³/mol. The van der Waals surface area contributed by atoms with Gasteiger partial charge < -0.3 is 15.4 Å². The lowest BCUT2D eigenvalue weighted by molar-refractivity contribution is -0.124. The molecule has 5 nitrogen and oxygen atoms in total. The summed E-state index contributed by atoms with van der Waals surface area (Å²) in [4.78, 5) is 22.8. The highest BCUT2D eigenvalue weighted by atomic mass is 35.5. The van der Waals surface area contributed by atoms with Crippen molar-refractivity contribution in [2.75, 3.05) is 17.2 Å². The molecule has 6 heteroatoms. The Morgan fingerprint density at radius 2 is 2.16 bits per heavy atom. The van der Waals surface area contributed by atoms with Gasteiger partial charge in [-0.05, 0) is 31.0 Å². The number of nitrogens with one attached hydrogen (secondary N) is 2. The van der Waals surface area contributed by atoms with Crippen molar-refractivity contribution < 1.29 is 14.3 Å². The highest BCUT2D eigenvalue weighted by Gasteiger charge is 2.23. The zero-order valence-electron chi connectivity index (χ0n) is 10.5. The summed E-state index contributed by atoms with van der Waals surface area (Å²) < 4.78 is 5.29. The van der Waals surface area contributed by atoms with Crippen LogP contribution in [0, 0.1) is 0 Å². The number of anilines is 2. The molecule has 0 bridgehead atoms. The standard InChI is InChI=1S/C13H15ClN2O3/c1-8(17)15-11-5-4-9(7-10(11)14)16-13(18)12-3-2-6-19-12/h4-5,7,12H,2-3,6H2,1H3,(H,15,17)(H,16,18). The Kier molecular flexibility index (Phi) is 4.39. The van der Waals surface area contributed by atoms with Crippen molar-refractivity contribution in [3.8, 4) is 0 Å². The number of halogens is 1. The van der Waals surface area contributed by atoms with Crippen molar-refractivity contribution in [1.82, 2.24) is 0 Å². The summed E-state index contributed by atoms with van der Waals surface area (Å²) in [6.07, 6.45) is 1.26. The van der Waals surface area contributed by atoms with Gasteiger partial charge in [0.25, 0.3) is 5.91 Å². The maximum absolute atomic E-state index is 11.8. The van der Waals surface area contributed by atoms with E-state index in [1.54, 1.807) is 18.2 Å². The van der Waals surface area contributed by atoms with Gasteiger partial charge in [-0.15, -0.1) is 0 Å². The minimum atomic E-state index is -0.381. The second-order valence-electron chi connectivity index (χ2n) is 4.37. The third-order valence-electron chi connectivity index (χ3n) is 2.77. The van der Waals surface area contributed by atoms with Crippen LogP contribution in [0.15, 0.2) is 18.2 Å². The van der Waals surface area contributed by atoms with Crippen LogP contribution in [-0.4, -0.2) is 24.5 Å². The van der Waals surface area contributed by atoms with Crippen molar-refractivity contribution in [2.24, 2.45) is 0 Å². The summed E-state index contributed by atoms with van der Waals surface area (Å²) >= 11 is 6.02. The fraction of sp³-hybridized carbons (Fsp3) is 0.385. The van der Waals surface area contributed by atoms with Gasteiger partial charge >= 0.3 is 0 Å². The van der Waals surface area contributed by atoms with E-state index < -0.39 is 0 Å². The van der Waals surface area contributed by atoms with E-state index in [2.05, 4.69) is 10.6 Å². The van der Waals surface area contributed by atoms with Crippen LogP contribution < -0.4 is 10.6 Å². The minimum Gasteiger partial charge on any atom is -0.368 e. The summed E-state index contributed by atoms with van der Waals surface area (Å²) in [5, 5.41) is 5.72. The van der Waals surface area contributed by atoms with Gasteiger partial charge in [-0.3, -0.25) is 9.59 Å². The number of hydrogen-bond donors (Lipinski definition) is 2. The van der Waals surface area contributed by atoms with E-state index in [0.717, 1.165) is 12.8 Å². The zero-order valence-corrected chi connectivity index (χ0v) is 11.3. The second-order valence-corrected chi connectivity index (χ2v) is 4.77. The molecule has 19 heavy (non-hydrogen) atoms. The molecule has 1 aliphatic heterocycles. The van der Waals surface area contributed by atoms with Crippen molar-refractivity contribution in [3.05, 3.63) is 23.2 Å². The first-order chi connectivity index (χ1) is 9.06. The molecule has 2 amide bonds. The van der Waals surface area contributed by atoms with Crippen LogP contribution in [0.4, 0.5) is 11.4 Å². The first-order valence-electron chi connectivity index (χ1n) is 6.06. The van der Waals surface area contributed by atoms with Gasteiger partial charge in [0.15, 0.2) is 0 Å². The van der Waals surface area contributed by atoms with E-state index in [0.29, 0.717) is 23.0 Å². The van der Waals surface area contributed by atoms with Gasteiger partial charge in [0.05, 0.1) is 10.7 Å². The van der Waals surface area contributed by atoms with Crippen molar-refractivity contribution in [2.45, 2.75) is 25.9 Å². The average molecular weight is 283 g/mol. The summed E-state index contributed by atoms with van der Waals surface area (Å²) in [5.41, 5.74) is 1.10. The molecule has 1 aliphatic rings. The predicted octanol–water partition coefficient (Wildman–Crippen LogP) is 2.42. The van der Waals surface area contributed by atoms with Crippen LogP contribution in [0.1, 0.15) is 19.8 Å². The van der Waals surface area contributed by atoms with E-state index in [1.807, 2.05) is 0 Å². The molecule has 0 aliphatic carbocycles. The lowest BCUT2D eigenvalue weighted by Gasteiger charge is -2.12. The largest absolute Gasteiger partial charge is 0.368 e. The van der Waals surface area contributed by atoms with Gasteiger partial charge in [-0.1, -0.05) is 11.6 Å². The molecule has 2 rings (SSSR count). The van der Waals surface area contributed by atoms with Gasteiger partial charge in [-0.25, -0.2) is 0 Å². The van der Waals surface area contributed by atoms with Gasteiger partial charge in [-0.2, -0.15) is 0 Å². The van der Waals surface area contributed by atoms with Crippen molar-refractivity contribution in [3.63, 3.8) is 0 Å². The monoisotopic (exact) mass is 282 g/mol. The molecule has 0 radical (unpaired) electrons. The number of amides is 2. The Bertz CT molecular complexity index is 499. The van der Waals surface area contributed by atoms with Crippen LogP contribution in [0.2, 0.25) is 5.02 Å². The SMILES string of the molecule is CC(=O)Nc1ccc(NC(=O)C2CCCO2)cc1Cl. The molecule has 0 saturated carbocycles. The Morgan fingerprint density at radius 3 is 2.74 bits per heavy atom. The lowest BCUT2D eigenvalue weighted by Crippen LogP contribution is -2.26. The van der Waals surface area contributed by atoms with E-state index in [9.17, 15) is 9.59 Å². The Hall–Kier alpha value is -1.59. The topological polar surface area (TPSA) is 67.4 Å². The highest BCUT2D eigenvalue weighted by molar-refractivity contribution is 6.34. The molecule has 1 aromatic rings. The molecular weight excluding hydrogens is 268 g/mol. The molecule has 0 spiro atoms. The van der Waals surface area contributed by atoms with E-state index in [4.69, 9.17) is 16.3 Å². The smallest absolute Gasteiger partial charge is 0.253 e.